The molecule has 0 bridgehead atoms. The Balaban J connectivity index is 1.25. The summed E-state index contributed by atoms with van der Waals surface area (Å²) >= 11 is 1.18. The van der Waals surface area contributed by atoms with Gasteiger partial charge in [-0.3, -0.25) is 14.3 Å². The summed E-state index contributed by atoms with van der Waals surface area (Å²) in [4.78, 5) is 33.4. The molecule has 37 heavy (non-hydrogen) atoms. The van der Waals surface area contributed by atoms with Crippen molar-refractivity contribution in [2.45, 2.75) is 17.9 Å². The lowest BCUT2D eigenvalue weighted by Crippen LogP contribution is -2.53. The summed E-state index contributed by atoms with van der Waals surface area (Å²) in [6.07, 6.45) is 3.38. The smallest absolute Gasteiger partial charge is 0.263 e. The Morgan fingerprint density at radius 2 is 1.92 bits per heavy atom. The van der Waals surface area contributed by atoms with Gasteiger partial charge in [-0.05, 0) is 55.5 Å². The standard InChI is InChI=1S/C25H25N5O5S2/c1-17(29-11-9-18-15-20(35-2)5-8-22(18)29)24(32)28-12-13-30(23(31)16-28)19-3-6-21(7-4-19)37(33,34)27-25-26-10-14-36-25/h3-11,14-15,17H,12-13,16H2,1-2H3,(H,26,27). The Labute approximate surface area is 218 Å². The first-order chi connectivity index (χ1) is 17.8. The van der Waals surface area contributed by atoms with E-state index >= 15 is 0 Å². The van der Waals surface area contributed by atoms with E-state index in [0.717, 1.165) is 16.7 Å². The van der Waals surface area contributed by atoms with Crippen LogP contribution in [0.2, 0.25) is 0 Å². The van der Waals surface area contributed by atoms with Crippen molar-refractivity contribution in [2.24, 2.45) is 0 Å². The molecule has 1 atom stereocenters. The predicted molar refractivity (Wildman–Crippen MR) is 141 cm³/mol. The van der Waals surface area contributed by atoms with Gasteiger partial charge in [-0.1, -0.05) is 0 Å². The van der Waals surface area contributed by atoms with Crippen molar-refractivity contribution >= 4 is 54.9 Å². The van der Waals surface area contributed by atoms with E-state index in [1.165, 1.54) is 29.7 Å². The maximum absolute atomic E-state index is 13.3. The van der Waals surface area contributed by atoms with Gasteiger partial charge in [0.2, 0.25) is 11.8 Å². The first-order valence-electron chi connectivity index (χ1n) is 11.5. The molecule has 2 aromatic heterocycles. The van der Waals surface area contributed by atoms with Gasteiger partial charge in [0.1, 0.15) is 18.3 Å². The second kappa shape index (κ2) is 9.87. The first-order valence-corrected chi connectivity index (χ1v) is 13.9. The third-order valence-electron chi connectivity index (χ3n) is 6.35. The van der Waals surface area contributed by atoms with Crippen molar-refractivity contribution in [3.63, 3.8) is 0 Å². The average molecular weight is 540 g/mol. The highest BCUT2D eigenvalue weighted by Crippen LogP contribution is 2.27. The van der Waals surface area contributed by atoms with Crippen molar-refractivity contribution < 1.29 is 22.7 Å². The zero-order valence-corrected chi connectivity index (χ0v) is 21.8. The van der Waals surface area contributed by atoms with Crippen LogP contribution in [0.5, 0.6) is 5.75 Å². The SMILES string of the molecule is COc1ccc2c(ccn2C(C)C(=O)N2CCN(c3ccc(S(=O)(=O)Nc4nccs4)cc3)C(=O)C2)c1. The summed E-state index contributed by atoms with van der Waals surface area (Å²) in [6.45, 7) is 2.45. The van der Waals surface area contributed by atoms with E-state index < -0.39 is 16.1 Å². The van der Waals surface area contributed by atoms with Crippen molar-refractivity contribution in [2.75, 3.05) is 36.4 Å². The van der Waals surface area contributed by atoms with E-state index in [4.69, 9.17) is 4.74 Å². The highest BCUT2D eigenvalue weighted by molar-refractivity contribution is 7.93. The summed E-state index contributed by atoms with van der Waals surface area (Å²) in [7, 11) is -2.17. The fraction of sp³-hybridized carbons (Fsp3) is 0.240. The van der Waals surface area contributed by atoms with Crippen LogP contribution in [0.15, 0.2) is 71.2 Å². The van der Waals surface area contributed by atoms with Gasteiger partial charge in [0, 0.05) is 47.5 Å². The number of fused-ring (bicyclic) bond motifs is 1. The highest BCUT2D eigenvalue weighted by Gasteiger charge is 2.31. The Bertz CT molecular complexity index is 1550. The van der Waals surface area contributed by atoms with Crippen LogP contribution in [0.4, 0.5) is 10.8 Å². The molecule has 2 aromatic carbocycles. The summed E-state index contributed by atoms with van der Waals surface area (Å²) in [5, 5.41) is 2.92. The van der Waals surface area contributed by atoms with Crippen LogP contribution >= 0.6 is 11.3 Å². The van der Waals surface area contributed by atoms with Crippen LogP contribution in [0, 0.1) is 0 Å². The van der Waals surface area contributed by atoms with Gasteiger partial charge in [-0.15, -0.1) is 11.3 Å². The number of benzene rings is 2. The number of nitrogens with zero attached hydrogens (tertiary/aromatic N) is 4. The number of ether oxygens (including phenoxy) is 1. The number of methoxy groups -OCH3 is 1. The monoisotopic (exact) mass is 539 g/mol. The van der Waals surface area contributed by atoms with Crippen LogP contribution in [0.1, 0.15) is 13.0 Å². The molecule has 4 aromatic rings. The predicted octanol–water partition coefficient (Wildman–Crippen LogP) is 3.34. The molecule has 0 saturated carbocycles. The summed E-state index contributed by atoms with van der Waals surface area (Å²) in [6, 6.07) is 13.2. The lowest BCUT2D eigenvalue weighted by atomic mass is 10.2. The first kappa shape index (κ1) is 24.8. The maximum atomic E-state index is 13.3. The van der Waals surface area contributed by atoms with Crippen molar-refractivity contribution in [1.82, 2.24) is 14.5 Å². The topological polar surface area (TPSA) is 114 Å². The molecule has 1 N–H and O–H groups in total. The summed E-state index contributed by atoms with van der Waals surface area (Å²) in [5.41, 5.74) is 1.48. The van der Waals surface area contributed by atoms with E-state index in [1.54, 1.807) is 34.4 Å². The van der Waals surface area contributed by atoms with Crippen molar-refractivity contribution in [1.29, 1.82) is 0 Å². The number of anilines is 2. The number of hydrogen-bond acceptors (Lipinski definition) is 7. The zero-order chi connectivity index (χ0) is 26.2. The van der Waals surface area contributed by atoms with Crippen LogP contribution in [-0.2, 0) is 19.6 Å². The molecule has 3 heterocycles. The third-order valence-corrected chi connectivity index (χ3v) is 8.52. The molecular weight excluding hydrogens is 514 g/mol. The minimum Gasteiger partial charge on any atom is -0.497 e. The number of piperazine rings is 1. The van der Waals surface area contributed by atoms with Gasteiger partial charge in [-0.2, -0.15) is 0 Å². The Morgan fingerprint density at radius 1 is 1.14 bits per heavy atom. The Kier molecular flexibility index (Phi) is 6.61. The van der Waals surface area contributed by atoms with Gasteiger partial charge in [0.25, 0.3) is 10.0 Å². The molecule has 1 aliphatic heterocycles. The van der Waals surface area contributed by atoms with Crippen LogP contribution in [0.3, 0.4) is 0 Å². The fourth-order valence-corrected chi connectivity index (χ4v) is 6.17. The Hall–Kier alpha value is -3.90. The number of carbonyl (C=O) groups excluding carboxylic acids is 2. The molecule has 2 amide bonds. The lowest BCUT2D eigenvalue weighted by Gasteiger charge is -2.35. The van der Waals surface area contributed by atoms with Crippen molar-refractivity contribution in [3.05, 3.63) is 66.3 Å². The van der Waals surface area contributed by atoms with Gasteiger partial charge >= 0.3 is 0 Å². The van der Waals surface area contributed by atoms with E-state index in [0.29, 0.717) is 18.8 Å². The van der Waals surface area contributed by atoms with Crippen LogP contribution in [0.25, 0.3) is 10.9 Å². The van der Waals surface area contributed by atoms with E-state index in [2.05, 4.69) is 9.71 Å². The lowest BCUT2D eigenvalue weighted by molar-refractivity contribution is -0.139. The Morgan fingerprint density at radius 3 is 2.59 bits per heavy atom. The zero-order valence-electron chi connectivity index (χ0n) is 20.2. The quantitative estimate of drug-likeness (QED) is 0.385. The molecule has 1 saturated heterocycles. The van der Waals surface area contributed by atoms with Crippen LogP contribution in [-0.4, -0.2) is 61.4 Å². The normalized spacial score (nSPS) is 15.1. The maximum Gasteiger partial charge on any atom is 0.263 e. The second-order valence-corrected chi connectivity index (χ2v) is 11.1. The molecule has 1 unspecified atom stereocenters. The molecule has 0 aliphatic carbocycles. The van der Waals surface area contributed by atoms with E-state index in [-0.39, 0.29) is 28.4 Å². The molecular formula is C25H25N5O5S2. The number of amides is 2. The summed E-state index contributed by atoms with van der Waals surface area (Å²) < 4.78 is 34.7. The van der Waals surface area contributed by atoms with Crippen molar-refractivity contribution in [3.8, 4) is 5.75 Å². The van der Waals surface area contributed by atoms with Gasteiger partial charge in [0.15, 0.2) is 5.13 Å². The van der Waals surface area contributed by atoms with Gasteiger partial charge in [-0.25, -0.2) is 13.4 Å². The molecule has 10 nitrogen and oxygen atoms in total. The van der Waals surface area contributed by atoms with E-state index in [9.17, 15) is 18.0 Å². The largest absolute Gasteiger partial charge is 0.497 e. The van der Waals surface area contributed by atoms with Gasteiger partial charge < -0.3 is 19.1 Å². The highest BCUT2D eigenvalue weighted by atomic mass is 32.2. The molecule has 12 heteroatoms. The molecule has 1 aliphatic rings. The minimum atomic E-state index is -3.78. The van der Waals surface area contributed by atoms with E-state index in [1.807, 2.05) is 42.0 Å². The third kappa shape index (κ3) is 4.89. The minimum absolute atomic E-state index is 0.0537. The number of aromatic nitrogens is 2. The molecule has 0 radical (unpaired) electrons. The van der Waals surface area contributed by atoms with Gasteiger partial charge in [0.05, 0.1) is 12.0 Å². The number of rotatable bonds is 7. The summed E-state index contributed by atoms with van der Waals surface area (Å²) in [5.74, 6) is 0.369. The molecule has 5 rings (SSSR count). The molecule has 192 valence electrons. The van der Waals surface area contributed by atoms with Crippen LogP contribution < -0.4 is 14.4 Å². The number of hydrogen-bond donors (Lipinski definition) is 1. The number of nitrogens with one attached hydrogen (secondary N) is 1. The molecule has 0 spiro atoms. The average Bonchev–Trinajstić information content (AvgIpc) is 3.57. The molecule has 1 fully saturated rings. The number of thiazole rings is 1. The number of carbonyl (C=O) groups is 2. The second-order valence-electron chi connectivity index (χ2n) is 8.57. The fourth-order valence-electron chi connectivity index (χ4n) is 4.38. The number of sulfonamides is 1.